The lowest BCUT2D eigenvalue weighted by Gasteiger charge is -2.40. The maximum absolute atomic E-state index is 9.97. The van der Waals surface area contributed by atoms with Gasteiger partial charge in [-0.2, -0.15) is 0 Å². The molecule has 1 saturated heterocycles. The molecule has 1 fully saturated rings. The summed E-state index contributed by atoms with van der Waals surface area (Å²) in [7, 11) is 0. The third kappa shape index (κ3) is 3.28. The Morgan fingerprint density at radius 1 is 1.23 bits per heavy atom. The van der Waals surface area contributed by atoms with E-state index in [1.54, 1.807) is 0 Å². The Labute approximate surface area is 81.7 Å². The second-order valence-electron chi connectivity index (χ2n) is 4.48. The van der Waals surface area contributed by atoms with Crippen LogP contribution in [0.15, 0.2) is 0 Å². The number of rotatable bonds is 6. The molecule has 0 aromatic rings. The third-order valence-electron chi connectivity index (χ3n) is 2.97. The van der Waals surface area contributed by atoms with Gasteiger partial charge in [-0.15, -0.1) is 0 Å². The predicted octanol–water partition coefficient (Wildman–Crippen LogP) is 1.93. The first-order valence-electron chi connectivity index (χ1n) is 5.63. The fraction of sp³-hybridized carbons (Fsp3) is 1.00. The molecule has 0 aromatic carbocycles. The van der Waals surface area contributed by atoms with E-state index in [4.69, 9.17) is 0 Å². The molecule has 0 atom stereocenters. The van der Waals surface area contributed by atoms with Crippen molar-refractivity contribution in [3.05, 3.63) is 0 Å². The zero-order chi connectivity index (χ0) is 9.73. The number of hydrogen-bond acceptors (Lipinski definition) is 2. The van der Waals surface area contributed by atoms with Gasteiger partial charge in [0, 0.05) is 13.1 Å². The fourth-order valence-corrected chi connectivity index (χ4v) is 2.26. The standard InChI is InChI=1S/C11H23NO/c1-3-5-10(6-4-2)7-11(13)8-12-9-11/h10,12-13H,3-9H2,1-2H3. The Morgan fingerprint density at radius 2 is 1.77 bits per heavy atom. The van der Waals surface area contributed by atoms with Crippen LogP contribution in [0.2, 0.25) is 0 Å². The van der Waals surface area contributed by atoms with E-state index >= 15 is 0 Å². The summed E-state index contributed by atoms with van der Waals surface area (Å²) in [5.74, 6) is 0.738. The Hall–Kier alpha value is -0.0800. The van der Waals surface area contributed by atoms with Gasteiger partial charge in [-0.1, -0.05) is 39.5 Å². The Bertz CT molecular complexity index is 137. The minimum Gasteiger partial charge on any atom is -0.387 e. The molecule has 0 spiro atoms. The molecule has 1 heterocycles. The molecular weight excluding hydrogens is 162 g/mol. The number of nitrogens with one attached hydrogen (secondary N) is 1. The summed E-state index contributed by atoms with van der Waals surface area (Å²) in [4.78, 5) is 0. The van der Waals surface area contributed by atoms with Gasteiger partial charge in [0.2, 0.25) is 0 Å². The predicted molar refractivity (Wildman–Crippen MR) is 55.7 cm³/mol. The summed E-state index contributed by atoms with van der Waals surface area (Å²) in [6.07, 6.45) is 6.04. The quantitative estimate of drug-likeness (QED) is 0.662. The van der Waals surface area contributed by atoms with E-state index in [9.17, 15) is 5.11 Å². The van der Waals surface area contributed by atoms with Crippen LogP contribution in [0.25, 0.3) is 0 Å². The smallest absolute Gasteiger partial charge is 0.0897 e. The Balaban J connectivity index is 2.27. The minimum absolute atomic E-state index is 0.366. The first kappa shape index (κ1) is 11.0. The van der Waals surface area contributed by atoms with Gasteiger partial charge >= 0.3 is 0 Å². The molecule has 0 amide bonds. The minimum atomic E-state index is -0.366. The molecule has 1 rings (SSSR count). The normalized spacial score (nSPS) is 20.3. The van der Waals surface area contributed by atoms with Gasteiger partial charge in [0.1, 0.15) is 0 Å². The monoisotopic (exact) mass is 185 g/mol. The van der Waals surface area contributed by atoms with Crippen molar-refractivity contribution in [2.24, 2.45) is 5.92 Å². The second kappa shape index (κ2) is 4.97. The maximum atomic E-state index is 9.97. The Morgan fingerprint density at radius 3 is 2.08 bits per heavy atom. The van der Waals surface area contributed by atoms with E-state index in [1.807, 2.05) is 0 Å². The molecular formula is C11H23NO. The highest BCUT2D eigenvalue weighted by Gasteiger charge is 2.35. The van der Waals surface area contributed by atoms with Crippen molar-refractivity contribution in [3.63, 3.8) is 0 Å². The van der Waals surface area contributed by atoms with Crippen molar-refractivity contribution >= 4 is 0 Å². The van der Waals surface area contributed by atoms with E-state index in [-0.39, 0.29) is 5.60 Å². The molecule has 78 valence electrons. The summed E-state index contributed by atoms with van der Waals surface area (Å²) < 4.78 is 0. The third-order valence-corrected chi connectivity index (χ3v) is 2.97. The van der Waals surface area contributed by atoms with Crippen LogP contribution in [0.5, 0.6) is 0 Å². The molecule has 0 bridgehead atoms. The van der Waals surface area contributed by atoms with Crippen molar-refractivity contribution in [2.75, 3.05) is 13.1 Å². The van der Waals surface area contributed by atoms with Crippen molar-refractivity contribution in [1.82, 2.24) is 5.32 Å². The van der Waals surface area contributed by atoms with Crippen LogP contribution in [-0.4, -0.2) is 23.8 Å². The van der Waals surface area contributed by atoms with Gasteiger partial charge in [0.05, 0.1) is 5.60 Å². The zero-order valence-corrected chi connectivity index (χ0v) is 8.97. The van der Waals surface area contributed by atoms with E-state index < -0.39 is 0 Å². The highest BCUT2D eigenvalue weighted by Crippen LogP contribution is 2.27. The van der Waals surface area contributed by atoms with Crippen molar-refractivity contribution in [2.45, 2.75) is 51.6 Å². The lowest BCUT2D eigenvalue weighted by atomic mass is 9.82. The molecule has 0 unspecified atom stereocenters. The van der Waals surface area contributed by atoms with E-state index in [1.165, 1.54) is 25.7 Å². The van der Waals surface area contributed by atoms with Gasteiger partial charge in [0.15, 0.2) is 0 Å². The molecule has 2 nitrogen and oxygen atoms in total. The van der Waals surface area contributed by atoms with Gasteiger partial charge in [-0.25, -0.2) is 0 Å². The highest BCUT2D eigenvalue weighted by molar-refractivity contribution is 4.93. The molecule has 0 saturated carbocycles. The summed E-state index contributed by atoms with van der Waals surface area (Å²) >= 11 is 0. The first-order chi connectivity index (χ1) is 6.20. The topological polar surface area (TPSA) is 32.3 Å². The largest absolute Gasteiger partial charge is 0.387 e. The van der Waals surface area contributed by atoms with Crippen LogP contribution in [0.3, 0.4) is 0 Å². The zero-order valence-electron chi connectivity index (χ0n) is 8.97. The molecule has 1 aliphatic rings. The van der Waals surface area contributed by atoms with E-state index in [0.29, 0.717) is 0 Å². The van der Waals surface area contributed by atoms with Crippen LogP contribution in [0.1, 0.15) is 46.0 Å². The van der Waals surface area contributed by atoms with Crippen LogP contribution in [0.4, 0.5) is 0 Å². The van der Waals surface area contributed by atoms with Gasteiger partial charge in [0.25, 0.3) is 0 Å². The van der Waals surface area contributed by atoms with Crippen LogP contribution >= 0.6 is 0 Å². The molecule has 0 aromatic heterocycles. The van der Waals surface area contributed by atoms with Crippen molar-refractivity contribution < 1.29 is 5.11 Å². The average Bonchev–Trinajstić information content (AvgIpc) is 2.02. The molecule has 2 heteroatoms. The number of aliphatic hydroxyl groups is 1. The molecule has 0 radical (unpaired) electrons. The lowest BCUT2D eigenvalue weighted by Crippen LogP contribution is -2.60. The molecule has 13 heavy (non-hydrogen) atoms. The van der Waals surface area contributed by atoms with Crippen LogP contribution in [0, 0.1) is 5.92 Å². The van der Waals surface area contributed by atoms with Gasteiger partial charge < -0.3 is 10.4 Å². The lowest BCUT2D eigenvalue weighted by molar-refractivity contribution is -0.0323. The van der Waals surface area contributed by atoms with E-state index in [2.05, 4.69) is 19.2 Å². The molecule has 1 aliphatic heterocycles. The summed E-state index contributed by atoms with van der Waals surface area (Å²) in [5.41, 5.74) is -0.366. The summed E-state index contributed by atoms with van der Waals surface area (Å²) in [6.45, 7) is 6.06. The SMILES string of the molecule is CCCC(CCC)CC1(O)CNC1. The average molecular weight is 185 g/mol. The van der Waals surface area contributed by atoms with Crippen molar-refractivity contribution in [3.8, 4) is 0 Å². The first-order valence-corrected chi connectivity index (χ1v) is 5.63. The van der Waals surface area contributed by atoms with Gasteiger partial charge in [-0.05, 0) is 12.3 Å². The summed E-state index contributed by atoms with van der Waals surface area (Å²) in [5, 5.41) is 13.1. The fourth-order valence-electron chi connectivity index (χ4n) is 2.26. The number of β-amino-alcohol motifs (C(OH)–C–C–N with tert-alkyl or cyclic N) is 1. The molecule has 2 N–H and O–H groups in total. The van der Waals surface area contributed by atoms with Crippen molar-refractivity contribution in [1.29, 1.82) is 0 Å². The Kier molecular flexibility index (Phi) is 4.20. The second-order valence-corrected chi connectivity index (χ2v) is 4.48. The van der Waals surface area contributed by atoms with Gasteiger partial charge in [-0.3, -0.25) is 0 Å². The van der Waals surface area contributed by atoms with Crippen LogP contribution in [-0.2, 0) is 0 Å². The highest BCUT2D eigenvalue weighted by atomic mass is 16.3. The number of hydrogen-bond donors (Lipinski definition) is 2. The maximum Gasteiger partial charge on any atom is 0.0897 e. The van der Waals surface area contributed by atoms with E-state index in [0.717, 1.165) is 25.4 Å². The molecule has 0 aliphatic carbocycles. The van der Waals surface area contributed by atoms with Crippen LogP contribution < -0.4 is 5.32 Å². The summed E-state index contributed by atoms with van der Waals surface area (Å²) in [6, 6.07) is 0.